The molecule has 29 heavy (non-hydrogen) atoms. The number of urea groups is 1. The first kappa shape index (κ1) is 21.0. The predicted octanol–water partition coefficient (Wildman–Crippen LogP) is 1.82. The smallest absolute Gasteiger partial charge is 0.323 e. The van der Waals surface area contributed by atoms with E-state index in [1.54, 1.807) is 36.5 Å². The summed E-state index contributed by atoms with van der Waals surface area (Å²) in [5.74, 6) is -0.00442. The van der Waals surface area contributed by atoms with Crippen molar-refractivity contribution in [3.63, 3.8) is 0 Å². The molecule has 0 atom stereocenters. The number of phenols is 1. The number of nitrogens with zero attached hydrogens (tertiary/aromatic N) is 3. The lowest BCUT2D eigenvalue weighted by molar-refractivity contribution is 0.181. The molecule has 3 N–H and O–H groups in total. The van der Waals surface area contributed by atoms with E-state index in [1.165, 1.54) is 10.6 Å². The summed E-state index contributed by atoms with van der Waals surface area (Å²) in [5.41, 5.74) is 2.36. The minimum Gasteiger partial charge on any atom is -0.505 e. The molecule has 0 bridgehead atoms. The van der Waals surface area contributed by atoms with Crippen molar-refractivity contribution in [2.45, 2.75) is 13.5 Å². The Morgan fingerprint density at radius 3 is 2.48 bits per heavy atom. The fourth-order valence-corrected chi connectivity index (χ4v) is 3.93. The minimum absolute atomic E-state index is 0.00442. The normalized spacial score (nSPS) is 15.8. The van der Waals surface area contributed by atoms with Crippen molar-refractivity contribution >= 4 is 27.4 Å². The Morgan fingerprint density at radius 1 is 1.14 bits per heavy atom. The highest BCUT2D eigenvalue weighted by molar-refractivity contribution is 7.88. The Kier molecular flexibility index (Phi) is 6.36. The van der Waals surface area contributed by atoms with Gasteiger partial charge < -0.3 is 15.7 Å². The first-order chi connectivity index (χ1) is 13.7. The molecule has 2 amide bonds. The fourth-order valence-electron chi connectivity index (χ4n) is 3.11. The number of rotatable bonds is 5. The number of aryl methyl sites for hydroxylation is 1. The number of pyridine rings is 1. The number of benzene rings is 1. The van der Waals surface area contributed by atoms with E-state index in [-0.39, 0.29) is 5.75 Å². The van der Waals surface area contributed by atoms with Crippen LogP contribution in [0.25, 0.3) is 0 Å². The summed E-state index contributed by atoms with van der Waals surface area (Å²) in [6, 6.07) is 8.21. The lowest BCUT2D eigenvalue weighted by atomic mass is 10.1. The van der Waals surface area contributed by atoms with Gasteiger partial charge in [-0.1, -0.05) is 12.1 Å². The van der Waals surface area contributed by atoms with Gasteiger partial charge in [-0.3, -0.25) is 9.88 Å². The van der Waals surface area contributed by atoms with Crippen LogP contribution in [-0.4, -0.2) is 66.2 Å². The van der Waals surface area contributed by atoms with Crippen LogP contribution in [0.5, 0.6) is 5.75 Å². The van der Waals surface area contributed by atoms with Gasteiger partial charge in [0.05, 0.1) is 23.8 Å². The number of para-hydroxylation sites is 1. The quantitative estimate of drug-likeness (QED) is 0.637. The molecule has 2 aromatic rings. The second-order valence-corrected chi connectivity index (χ2v) is 9.00. The van der Waals surface area contributed by atoms with Crippen molar-refractivity contribution in [2.24, 2.45) is 0 Å². The van der Waals surface area contributed by atoms with Gasteiger partial charge in [-0.15, -0.1) is 0 Å². The maximum Gasteiger partial charge on any atom is 0.323 e. The summed E-state index contributed by atoms with van der Waals surface area (Å²) in [7, 11) is -3.18. The van der Waals surface area contributed by atoms with Crippen molar-refractivity contribution < 1.29 is 18.3 Å². The van der Waals surface area contributed by atoms with Crippen LogP contribution in [0.4, 0.5) is 16.2 Å². The number of carbonyl (C=O) groups excluding carboxylic acids is 1. The van der Waals surface area contributed by atoms with E-state index in [9.17, 15) is 18.3 Å². The molecule has 0 saturated carbocycles. The number of aromatic nitrogens is 1. The Labute approximate surface area is 170 Å². The molecule has 3 rings (SSSR count). The highest BCUT2D eigenvalue weighted by atomic mass is 32.2. The van der Waals surface area contributed by atoms with Crippen molar-refractivity contribution in [2.75, 3.05) is 43.1 Å². The topological polar surface area (TPSA) is 115 Å². The fraction of sp³-hybridized carbons (Fsp3) is 0.368. The zero-order valence-electron chi connectivity index (χ0n) is 16.4. The Balaban J connectivity index is 1.61. The van der Waals surface area contributed by atoms with Gasteiger partial charge in [-0.2, -0.15) is 4.31 Å². The summed E-state index contributed by atoms with van der Waals surface area (Å²) in [4.78, 5) is 18.4. The lowest BCUT2D eigenvalue weighted by Crippen LogP contribution is -2.47. The van der Waals surface area contributed by atoms with E-state index in [0.29, 0.717) is 49.7 Å². The number of amides is 2. The molecule has 1 fully saturated rings. The minimum atomic E-state index is -3.18. The van der Waals surface area contributed by atoms with Gasteiger partial charge in [0, 0.05) is 44.0 Å². The highest BCUT2D eigenvalue weighted by Gasteiger charge is 2.24. The first-order valence-electron chi connectivity index (χ1n) is 9.21. The van der Waals surface area contributed by atoms with Gasteiger partial charge >= 0.3 is 6.03 Å². The summed E-state index contributed by atoms with van der Waals surface area (Å²) >= 11 is 0. The number of sulfonamides is 1. The first-order valence-corrected chi connectivity index (χ1v) is 11.1. The third-order valence-corrected chi connectivity index (χ3v) is 6.03. The Hall–Kier alpha value is -2.69. The second-order valence-electron chi connectivity index (χ2n) is 7.02. The number of aromatic hydroxyl groups is 1. The molecule has 10 heteroatoms. The van der Waals surface area contributed by atoms with Crippen molar-refractivity contribution in [1.29, 1.82) is 0 Å². The monoisotopic (exact) mass is 419 g/mol. The third-order valence-electron chi connectivity index (χ3n) is 4.73. The molecule has 9 nitrogen and oxygen atoms in total. The number of carbonyl (C=O) groups is 1. The van der Waals surface area contributed by atoms with Crippen LogP contribution in [0, 0.1) is 6.92 Å². The van der Waals surface area contributed by atoms with Gasteiger partial charge in [0.2, 0.25) is 10.0 Å². The van der Waals surface area contributed by atoms with Crippen LogP contribution >= 0.6 is 0 Å². The molecule has 0 radical (unpaired) electrons. The van der Waals surface area contributed by atoms with E-state index in [0.717, 1.165) is 5.69 Å². The molecule has 1 aromatic carbocycles. The molecule has 2 heterocycles. The van der Waals surface area contributed by atoms with Gasteiger partial charge in [-0.05, 0) is 25.1 Å². The molecule has 1 aromatic heterocycles. The van der Waals surface area contributed by atoms with E-state index >= 15 is 0 Å². The molecule has 0 spiro atoms. The number of piperazine rings is 1. The van der Waals surface area contributed by atoms with E-state index < -0.39 is 16.1 Å². The Morgan fingerprint density at radius 2 is 1.86 bits per heavy atom. The van der Waals surface area contributed by atoms with Crippen molar-refractivity contribution in [3.8, 4) is 5.75 Å². The van der Waals surface area contributed by atoms with Crippen LogP contribution in [0.2, 0.25) is 0 Å². The van der Waals surface area contributed by atoms with Crippen LogP contribution in [0.15, 0.2) is 36.5 Å². The summed E-state index contributed by atoms with van der Waals surface area (Å²) < 4.78 is 24.7. The summed E-state index contributed by atoms with van der Waals surface area (Å²) in [6.07, 6.45) is 2.77. The van der Waals surface area contributed by atoms with E-state index in [1.807, 2.05) is 6.92 Å². The molecular formula is C19H25N5O4S. The standard InChI is InChI=1S/C19H25N5O4S/c1-14-6-7-16(12-20-14)21-19(26)22-17-5-3-4-15(18(17)25)13-23-8-10-24(11-9-23)29(2,27)28/h3-7,12,25H,8-11,13H2,1-2H3,(H2,21,22,26). The number of hydrogen-bond donors (Lipinski definition) is 3. The molecule has 156 valence electrons. The molecule has 1 aliphatic heterocycles. The van der Waals surface area contributed by atoms with E-state index in [2.05, 4.69) is 20.5 Å². The van der Waals surface area contributed by atoms with Crippen molar-refractivity contribution in [3.05, 3.63) is 47.8 Å². The zero-order chi connectivity index (χ0) is 21.0. The number of hydrogen-bond acceptors (Lipinski definition) is 6. The molecule has 0 aliphatic carbocycles. The highest BCUT2D eigenvalue weighted by Crippen LogP contribution is 2.29. The van der Waals surface area contributed by atoms with Crippen LogP contribution in [0.3, 0.4) is 0 Å². The predicted molar refractivity (Wildman–Crippen MR) is 111 cm³/mol. The molecule has 1 aliphatic rings. The van der Waals surface area contributed by atoms with Gasteiger partial charge in [0.15, 0.2) is 0 Å². The summed E-state index contributed by atoms with van der Waals surface area (Å²) in [6.45, 7) is 4.31. The molecule has 0 unspecified atom stereocenters. The maximum atomic E-state index is 12.2. The maximum absolute atomic E-state index is 12.2. The van der Waals surface area contributed by atoms with E-state index in [4.69, 9.17) is 0 Å². The average molecular weight is 420 g/mol. The zero-order valence-corrected chi connectivity index (χ0v) is 17.2. The lowest BCUT2D eigenvalue weighted by Gasteiger charge is -2.33. The van der Waals surface area contributed by atoms with Crippen molar-refractivity contribution in [1.82, 2.24) is 14.2 Å². The largest absolute Gasteiger partial charge is 0.505 e. The van der Waals surface area contributed by atoms with Gasteiger partial charge in [0.1, 0.15) is 5.75 Å². The molecular weight excluding hydrogens is 394 g/mol. The summed E-state index contributed by atoms with van der Waals surface area (Å²) in [5, 5.41) is 15.9. The van der Waals surface area contributed by atoms with Gasteiger partial charge in [0.25, 0.3) is 0 Å². The van der Waals surface area contributed by atoms with Gasteiger partial charge in [-0.25, -0.2) is 13.2 Å². The van der Waals surface area contributed by atoms with Crippen LogP contribution in [-0.2, 0) is 16.6 Å². The number of phenolic OH excluding ortho intramolecular Hbond substituents is 1. The number of nitrogens with one attached hydrogen (secondary N) is 2. The average Bonchev–Trinajstić information content (AvgIpc) is 2.66. The SMILES string of the molecule is Cc1ccc(NC(=O)Nc2cccc(CN3CCN(S(C)(=O)=O)CC3)c2O)cn1. The van der Waals surface area contributed by atoms with Crippen LogP contribution < -0.4 is 10.6 Å². The Bertz CT molecular complexity index is 971. The van der Waals surface area contributed by atoms with Crippen LogP contribution in [0.1, 0.15) is 11.3 Å². The second kappa shape index (κ2) is 8.76. The third kappa shape index (κ3) is 5.66. The molecule has 1 saturated heterocycles. The number of anilines is 2.